The summed E-state index contributed by atoms with van der Waals surface area (Å²) in [6.45, 7) is 4.16. The first kappa shape index (κ1) is 31.2. The summed E-state index contributed by atoms with van der Waals surface area (Å²) >= 11 is -2.57. The van der Waals surface area contributed by atoms with Crippen LogP contribution in [0.15, 0.2) is 97.1 Å². The summed E-state index contributed by atoms with van der Waals surface area (Å²) in [7, 11) is 3.09. The summed E-state index contributed by atoms with van der Waals surface area (Å²) in [4.78, 5) is 24.6. The van der Waals surface area contributed by atoms with E-state index in [-0.39, 0.29) is 30.1 Å². The van der Waals surface area contributed by atoms with Gasteiger partial charge in [-0.05, 0) is 56.3 Å². The van der Waals surface area contributed by atoms with Crippen molar-refractivity contribution in [3.8, 4) is 11.5 Å². The number of para-hydroxylation sites is 3. The average molecular weight is 627 g/mol. The van der Waals surface area contributed by atoms with E-state index >= 15 is 0 Å². The van der Waals surface area contributed by atoms with Crippen molar-refractivity contribution in [3.05, 3.63) is 97.1 Å². The number of carbonyl (C=O) groups excluding carboxylic acids is 1. The molecule has 5 aromatic rings. The zero-order valence-corrected chi connectivity index (χ0v) is 26.1. The topological polar surface area (TPSA) is 129 Å². The number of fused-ring (bicyclic) bond motifs is 1. The Morgan fingerprint density at radius 3 is 2.07 bits per heavy atom. The summed E-state index contributed by atoms with van der Waals surface area (Å²) in [5.41, 5.74) is 3.36. The van der Waals surface area contributed by atoms with Crippen molar-refractivity contribution >= 4 is 62.6 Å². The number of carbonyl (C=O) groups is 1. The smallest absolute Gasteiger partial charge is 0.268 e. The normalized spacial score (nSPS) is 11.6. The van der Waals surface area contributed by atoms with Crippen molar-refractivity contribution in [1.82, 2.24) is 9.97 Å². The molecule has 1 atom stereocenters. The maximum atomic E-state index is 13.2. The molecule has 45 heavy (non-hydrogen) atoms. The molecule has 11 nitrogen and oxygen atoms in total. The Morgan fingerprint density at radius 2 is 1.44 bits per heavy atom. The SMILES string of the molecule is COc1cc(Nc2nc3ccccc3nc2N(c2cccc(NC(=O)CN(c3ccccc3)C(C)C)c2)S(=O)O)cc(OC)c1. The second kappa shape index (κ2) is 14.1. The lowest BCUT2D eigenvalue weighted by Gasteiger charge is -2.28. The molecule has 1 heterocycles. The van der Waals surface area contributed by atoms with Crippen LogP contribution in [0.5, 0.6) is 11.5 Å². The predicted molar refractivity (Wildman–Crippen MR) is 179 cm³/mol. The van der Waals surface area contributed by atoms with Crippen molar-refractivity contribution in [3.63, 3.8) is 0 Å². The monoisotopic (exact) mass is 626 g/mol. The number of hydrogen-bond acceptors (Lipinski definition) is 8. The van der Waals surface area contributed by atoms with E-state index in [1.54, 1.807) is 68.8 Å². The number of aromatic nitrogens is 2. The number of nitrogens with zero attached hydrogens (tertiary/aromatic N) is 4. The van der Waals surface area contributed by atoms with Gasteiger partial charge >= 0.3 is 0 Å². The van der Waals surface area contributed by atoms with Crippen molar-refractivity contribution in [1.29, 1.82) is 0 Å². The van der Waals surface area contributed by atoms with E-state index in [9.17, 15) is 13.6 Å². The molecule has 0 fully saturated rings. The third-order valence-electron chi connectivity index (χ3n) is 6.90. The minimum Gasteiger partial charge on any atom is -0.497 e. The maximum Gasteiger partial charge on any atom is 0.268 e. The van der Waals surface area contributed by atoms with Gasteiger partial charge in [-0.3, -0.25) is 9.35 Å². The average Bonchev–Trinajstić information content (AvgIpc) is 3.04. The number of nitrogens with one attached hydrogen (secondary N) is 2. The second-order valence-corrected chi connectivity index (χ2v) is 11.1. The Morgan fingerprint density at radius 1 is 0.822 bits per heavy atom. The van der Waals surface area contributed by atoms with Crippen LogP contribution < -0.4 is 29.3 Å². The summed E-state index contributed by atoms with van der Waals surface area (Å²) in [5.74, 6) is 1.16. The summed E-state index contributed by atoms with van der Waals surface area (Å²) in [6, 6.07) is 28.9. The highest BCUT2D eigenvalue weighted by molar-refractivity contribution is 7.81. The first-order valence-corrected chi connectivity index (χ1v) is 15.2. The summed E-state index contributed by atoms with van der Waals surface area (Å²) in [5, 5.41) is 6.14. The number of anilines is 6. The number of amides is 1. The van der Waals surface area contributed by atoms with Gasteiger partial charge in [0, 0.05) is 41.3 Å². The van der Waals surface area contributed by atoms with Crippen LogP contribution in [0.3, 0.4) is 0 Å². The molecule has 1 aromatic heterocycles. The lowest BCUT2D eigenvalue weighted by Crippen LogP contribution is -2.38. The fourth-order valence-corrected chi connectivity index (χ4v) is 5.34. The van der Waals surface area contributed by atoms with Crippen LogP contribution in [-0.2, 0) is 16.1 Å². The van der Waals surface area contributed by atoms with Crippen LogP contribution >= 0.6 is 0 Å². The molecule has 3 N–H and O–H groups in total. The van der Waals surface area contributed by atoms with Crippen LogP contribution in [-0.4, -0.2) is 51.4 Å². The lowest BCUT2D eigenvalue weighted by atomic mass is 10.2. The zero-order valence-electron chi connectivity index (χ0n) is 25.3. The fourth-order valence-electron chi connectivity index (χ4n) is 4.78. The highest BCUT2D eigenvalue weighted by Gasteiger charge is 2.24. The molecule has 1 unspecified atom stereocenters. The Hall–Kier alpha value is -5.20. The molecule has 0 aliphatic carbocycles. The number of ether oxygens (including phenoxy) is 2. The third-order valence-corrected chi connectivity index (χ3v) is 7.60. The van der Waals surface area contributed by atoms with Gasteiger partial charge in [-0.1, -0.05) is 36.4 Å². The first-order valence-electron chi connectivity index (χ1n) is 14.2. The number of rotatable bonds is 12. The highest BCUT2D eigenvalue weighted by atomic mass is 32.2. The molecule has 0 saturated heterocycles. The fraction of sp³-hybridized carbons (Fsp3) is 0.182. The molecule has 0 aliphatic heterocycles. The van der Waals surface area contributed by atoms with E-state index in [0.29, 0.717) is 39.6 Å². The van der Waals surface area contributed by atoms with E-state index in [1.807, 2.05) is 61.2 Å². The Labute approximate surface area is 264 Å². The molecule has 0 bridgehead atoms. The zero-order chi connectivity index (χ0) is 31.9. The standard InChI is InChI=1S/C33H34N6O5S/c1-22(2)38(25-12-6-5-7-13-25)21-31(40)34-23-11-10-14-26(17-23)39(45(41)42)33-32(36-29-15-8-9-16-30(29)37-33)35-24-18-27(43-3)20-28(19-24)44-4/h5-20,22H,21H2,1-4H3,(H,34,40)(H,35,36)(H,41,42). The van der Waals surface area contributed by atoms with Gasteiger partial charge < -0.3 is 25.0 Å². The van der Waals surface area contributed by atoms with Gasteiger partial charge in [0.1, 0.15) is 11.5 Å². The van der Waals surface area contributed by atoms with Crippen LogP contribution in [0.2, 0.25) is 0 Å². The molecule has 4 aromatic carbocycles. The van der Waals surface area contributed by atoms with Gasteiger partial charge in [0.05, 0.1) is 37.5 Å². The Kier molecular flexibility index (Phi) is 9.76. The Bertz CT molecular complexity index is 1800. The van der Waals surface area contributed by atoms with Gasteiger partial charge in [-0.25, -0.2) is 18.5 Å². The molecule has 1 amide bonds. The van der Waals surface area contributed by atoms with Gasteiger partial charge in [0.2, 0.25) is 5.91 Å². The molecule has 0 spiro atoms. The molecule has 12 heteroatoms. The van der Waals surface area contributed by atoms with E-state index < -0.39 is 11.3 Å². The largest absolute Gasteiger partial charge is 0.497 e. The minimum absolute atomic E-state index is 0.0822. The molecule has 0 radical (unpaired) electrons. The van der Waals surface area contributed by atoms with E-state index in [0.717, 1.165) is 9.99 Å². The number of hydrogen-bond donors (Lipinski definition) is 3. The number of benzene rings is 4. The quantitative estimate of drug-likeness (QED) is 0.133. The predicted octanol–water partition coefficient (Wildman–Crippen LogP) is 6.52. The van der Waals surface area contributed by atoms with Crippen LogP contribution in [0.25, 0.3) is 11.0 Å². The van der Waals surface area contributed by atoms with Crippen molar-refractivity contribution in [2.75, 3.05) is 40.6 Å². The molecule has 0 aliphatic rings. The molecule has 5 rings (SSSR count). The van der Waals surface area contributed by atoms with Gasteiger partial charge in [-0.2, -0.15) is 0 Å². The van der Waals surface area contributed by atoms with Gasteiger partial charge in [-0.15, -0.1) is 0 Å². The molecular formula is C33H34N6O5S. The summed E-state index contributed by atoms with van der Waals surface area (Å²) < 4.78 is 35.5. The summed E-state index contributed by atoms with van der Waals surface area (Å²) in [6.07, 6.45) is 0. The van der Waals surface area contributed by atoms with Crippen LogP contribution in [0, 0.1) is 0 Å². The lowest BCUT2D eigenvalue weighted by molar-refractivity contribution is -0.115. The van der Waals surface area contributed by atoms with Crippen molar-refractivity contribution in [2.45, 2.75) is 19.9 Å². The van der Waals surface area contributed by atoms with E-state index in [4.69, 9.17) is 19.4 Å². The number of methoxy groups -OCH3 is 2. The molecular weight excluding hydrogens is 592 g/mol. The highest BCUT2D eigenvalue weighted by Crippen LogP contribution is 2.36. The third kappa shape index (κ3) is 7.48. The van der Waals surface area contributed by atoms with Gasteiger partial charge in [0.25, 0.3) is 11.3 Å². The maximum absolute atomic E-state index is 13.2. The van der Waals surface area contributed by atoms with Crippen LogP contribution in [0.4, 0.5) is 34.4 Å². The van der Waals surface area contributed by atoms with Crippen molar-refractivity contribution < 1.29 is 23.0 Å². The second-order valence-electron chi connectivity index (χ2n) is 10.3. The van der Waals surface area contributed by atoms with E-state index in [2.05, 4.69) is 10.6 Å². The molecule has 232 valence electrons. The minimum atomic E-state index is -2.57. The van der Waals surface area contributed by atoms with Gasteiger partial charge in [0.15, 0.2) is 11.6 Å². The molecule has 0 saturated carbocycles. The first-order chi connectivity index (χ1) is 21.7. The van der Waals surface area contributed by atoms with Crippen LogP contribution in [0.1, 0.15) is 13.8 Å². The van der Waals surface area contributed by atoms with E-state index in [1.165, 1.54) is 0 Å². The van der Waals surface area contributed by atoms with Crippen molar-refractivity contribution in [2.24, 2.45) is 0 Å². The Balaban J connectivity index is 1.49.